The Bertz CT molecular complexity index is 461. The lowest BCUT2D eigenvalue weighted by Crippen LogP contribution is -2.21. The number of hydrogen-bond acceptors (Lipinski definition) is 4. The van der Waals surface area contributed by atoms with Gasteiger partial charge in [-0.25, -0.2) is 14.2 Å². The molecule has 18 heavy (non-hydrogen) atoms. The maximum atomic E-state index is 12.4. The Balaban J connectivity index is 3.39. The van der Waals surface area contributed by atoms with Gasteiger partial charge in [-0.1, -0.05) is 0 Å². The van der Waals surface area contributed by atoms with Crippen LogP contribution in [0.15, 0.2) is 6.07 Å². The molecule has 0 unspecified atom stereocenters. The Hall–Kier alpha value is -2.06. The lowest BCUT2D eigenvalue weighted by Gasteiger charge is -2.13. The lowest BCUT2D eigenvalue weighted by molar-refractivity contribution is -0.276. The van der Waals surface area contributed by atoms with Crippen molar-refractivity contribution in [2.75, 3.05) is 7.11 Å². The van der Waals surface area contributed by atoms with Crippen LogP contribution in [0.3, 0.4) is 0 Å². The van der Waals surface area contributed by atoms with Gasteiger partial charge in [0, 0.05) is 6.07 Å². The molecule has 0 bridgehead atoms. The molecule has 0 aromatic carbocycles. The molecule has 0 radical (unpaired) electrons. The first-order chi connectivity index (χ1) is 8.28. The molecule has 0 amide bonds. The zero-order chi connectivity index (χ0) is 13.9. The normalized spacial score (nSPS) is 11.2. The second kappa shape index (κ2) is 5.07. The van der Waals surface area contributed by atoms with Crippen LogP contribution in [-0.2, 0) is 6.67 Å². The molecule has 0 spiro atoms. The molecule has 5 nitrogen and oxygen atoms in total. The van der Waals surface area contributed by atoms with Gasteiger partial charge in [-0.15, -0.1) is 13.2 Å². The van der Waals surface area contributed by atoms with Gasteiger partial charge in [0.15, 0.2) is 5.56 Å². The standard InChI is InChI=1S/C9H7F4NO4/c1-17-5-2-4(3-10)14-7(6(5)8(15)16)18-9(11,12)13/h2H,3H2,1H3,(H,15,16). The summed E-state index contributed by atoms with van der Waals surface area (Å²) in [6.07, 6.45) is -5.14. The topological polar surface area (TPSA) is 68.7 Å². The van der Waals surface area contributed by atoms with E-state index >= 15 is 0 Å². The molecule has 0 saturated carbocycles. The number of rotatable bonds is 4. The van der Waals surface area contributed by atoms with Crippen molar-refractivity contribution in [3.8, 4) is 11.6 Å². The maximum absolute atomic E-state index is 12.4. The van der Waals surface area contributed by atoms with Gasteiger partial charge in [-0.05, 0) is 0 Å². The molecule has 0 atom stereocenters. The van der Waals surface area contributed by atoms with E-state index in [4.69, 9.17) is 5.11 Å². The van der Waals surface area contributed by atoms with Gasteiger partial charge in [0.1, 0.15) is 12.4 Å². The van der Waals surface area contributed by atoms with Crippen LogP contribution in [0, 0.1) is 0 Å². The van der Waals surface area contributed by atoms with E-state index in [2.05, 4.69) is 14.5 Å². The lowest BCUT2D eigenvalue weighted by atomic mass is 10.2. The zero-order valence-corrected chi connectivity index (χ0v) is 8.92. The summed E-state index contributed by atoms with van der Waals surface area (Å²) in [6.45, 7) is -1.19. The highest BCUT2D eigenvalue weighted by molar-refractivity contribution is 5.93. The van der Waals surface area contributed by atoms with Crippen molar-refractivity contribution in [1.82, 2.24) is 4.98 Å². The number of carboxylic acids is 1. The van der Waals surface area contributed by atoms with E-state index in [0.717, 1.165) is 13.2 Å². The fraction of sp³-hybridized carbons (Fsp3) is 0.333. The van der Waals surface area contributed by atoms with E-state index in [-0.39, 0.29) is 0 Å². The molecule has 0 saturated heterocycles. The number of aromatic nitrogens is 1. The Labute approximate surface area is 98.0 Å². The van der Waals surface area contributed by atoms with Gasteiger partial charge in [0.25, 0.3) is 0 Å². The molecular weight excluding hydrogens is 262 g/mol. The summed E-state index contributed by atoms with van der Waals surface area (Å²) in [5, 5.41) is 8.78. The number of aromatic carboxylic acids is 1. The number of carboxylic acid groups (broad SMARTS) is 1. The van der Waals surface area contributed by atoms with Crippen LogP contribution < -0.4 is 9.47 Å². The minimum Gasteiger partial charge on any atom is -0.496 e. The second-order valence-electron chi connectivity index (χ2n) is 2.98. The summed E-state index contributed by atoms with van der Waals surface area (Å²) >= 11 is 0. The van der Waals surface area contributed by atoms with Gasteiger partial charge < -0.3 is 14.6 Å². The predicted octanol–water partition coefficient (Wildman–Crippen LogP) is 2.16. The van der Waals surface area contributed by atoms with Crippen molar-refractivity contribution in [2.24, 2.45) is 0 Å². The molecule has 1 aromatic rings. The fourth-order valence-corrected chi connectivity index (χ4v) is 1.16. The van der Waals surface area contributed by atoms with Crippen molar-refractivity contribution < 1.29 is 36.9 Å². The Kier molecular flexibility index (Phi) is 3.94. The Morgan fingerprint density at radius 3 is 2.50 bits per heavy atom. The Morgan fingerprint density at radius 2 is 2.11 bits per heavy atom. The van der Waals surface area contributed by atoms with Crippen molar-refractivity contribution in [2.45, 2.75) is 13.0 Å². The quantitative estimate of drug-likeness (QED) is 0.848. The van der Waals surface area contributed by atoms with Gasteiger partial charge >= 0.3 is 12.3 Å². The van der Waals surface area contributed by atoms with Crippen LogP contribution >= 0.6 is 0 Å². The van der Waals surface area contributed by atoms with E-state index in [0.29, 0.717) is 0 Å². The summed E-state index contributed by atoms with van der Waals surface area (Å²) in [5.41, 5.74) is -1.36. The molecule has 1 aromatic heterocycles. The molecule has 0 aliphatic rings. The first-order valence-corrected chi connectivity index (χ1v) is 4.41. The van der Waals surface area contributed by atoms with Gasteiger partial charge in [-0.2, -0.15) is 0 Å². The number of carbonyl (C=O) groups is 1. The van der Waals surface area contributed by atoms with Gasteiger partial charge in [-0.3, -0.25) is 0 Å². The number of methoxy groups -OCH3 is 1. The second-order valence-corrected chi connectivity index (χ2v) is 2.98. The molecule has 1 heterocycles. The van der Waals surface area contributed by atoms with E-state index in [1.54, 1.807) is 0 Å². The van der Waals surface area contributed by atoms with Crippen molar-refractivity contribution in [1.29, 1.82) is 0 Å². The number of hydrogen-bond donors (Lipinski definition) is 1. The first-order valence-electron chi connectivity index (χ1n) is 4.41. The largest absolute Gasteiger partial charge is 0.574 e. The highest BCUT2D eigenvalue weighted by Gasteiger charge is 2.35. The molecule has 0 fully saturated rings. The number of pyridine rings is 1. The van der Waals surface area contributed by atoms with Gasteiger partial charge in [0.05, 0.1) is 12.8 Å². The minimum absolute atomic E-state index is 0.434. The van der Waals surface area contributed by atoms with Crippen molar-refractivity contribution in [3.63, 3.8) is 0 Å². The summed E-state index contributed by atoms with van der Waals surface area (Å²) in [4.78, 5) is 14.0. The number of halogens is 4. The van der Waals surface area contributed by atoms with E-state index in [1.807, 2.05) is 0 Å². The summed E-state index contributed by atoms with van der Waals surface area (Å²) < 4.78 is 56.6. The molecule has 1 N–H and O–H groups in total. The minimum atomic E-state index is -5.14. The number of alkyl halides is 4. The molecule has 0 aliphatic carbocycles. The Morgan fingerprint density at radius 1 is 1.50 bits per heavy atom. The molecule has 100 valence electrons. The van der Waals surface area contributed by atoms with Crippen LogP contribution in [0.1, 0.15) is 16.1 Å². The molecule has 9 heteroatoms. The van der Waals surface area contributed by atoms with Gasteiger partial charge in [0.2, 0.25) is 5.88 Å². The van der Waals surface area contributed by atoms with E-state index < -0.39 is 41.9 Å². The number of ether oxygens (including phenoxy) is 2. The SMILES string of the molecule is COc1cc(CF)nc(OC(F)(F)F)c1C(=O)O. The van der Waals surface area contributed by atoms with Crippen molar-refractivity contribution in [3.05, 3.63) is 17.3 Å². The monoisotopic (exact) mass is 269 g/mol. The third-order valence-electron chi connectivity index (χ3n) is 1.79. The van der Waals surface area contributed by atoms with Crippen LogP contribution in [-0.4, -0.2) is 29.5 Å². The van der Waals surface area contributed by atoms with Crippen LogP contribution in [0.25, 0.3) is 0 Å². The third-order valence-corrected chi connectivity index (χ3v) is 1.79. The average molecular weight is 269 g/mol. The highest BCUT2D eigenvalue weighted by Crippen LogP contribution is 2.31. The number of nitrogens with zero attached hydrogens (tertiary/aromatic N) is 1. The smallest absolute Gasteiger partial charge is 0.496 e. The van der Waals surface area contributed by atoms with Crippen molar-refractivity contribution >= 4 is 5.97 Å². The van der Waals surface area contributed by atoms with Crippen LogP contribution in [0.5, 0.6) is 11.6 Å². The third kappa shape index (κ3) is 3.22. The summed E-state index contributed by atoms with van der Waals surface area (Å²) in [5.74, 6) is -3.46. The highest BCUT2D eigenvalue weighted by atomic mass is 19.4. The van der Waals surface area contributed by atoms with Crippen LogP contribution in [0.4, 0.5) is 17.6 Å². The predicted molar refractivity (Wildman–Crippen MR) is 49.2 cm³/mol. The van der Waals surface area contributed by atoms with Crippen LogP contribution in [0.2, 0.25) is 0 Å². The van der Waals surface area contributed by atoms with E-state index in [9.17, 15) is 22.4 Å². The summed E-state index contributed by atoms with van der Waals surface area (Å²) in [6, 6.07) is 0.882. The average Bonchev–Trinajstić information content (AvgIpc) is 2.25. The summed E-state index contributed by atoms with van der Waals surface area (Å²) in [7, 11) is 1.03. The first kappa shape index (κ1) is 14.0. The molecular formula is C9H7F4NO4. The van der Waals surface area contributed by atoms with E-state index in [1.165, 1.54) is 0 Å². The zero-order valence-electron chi connectivity index (χ0n) is 8.92. The fourth-order valence-electron chi connectivity index (χ4n) is 1.16. The molecule has 0 aliphatic heterocycles. The maximum Gasteiger partial charge on any atom is 0.574 e. The molecule has 1 rings (SSSR count).